The van der Waals surface area contributed by atoms with Crippen molar-refractivity contribution in [3.05, 3.63) is 0 Å². The second-order valence-electron chi connectivity index (χ2n) is 3.82. The first-order valence-electron chi connectivity index (χ1n) is 4.80. The summed E-state index contributed by atoms with van der Waals surface area (Å²) >= 11 is 0. The zero-order valence-corrected chi connectivity index (χ0v) is 8.40. The normalized spacial score (nSPS) is 20.6. The summed E-state index contributed by atoms with van der Waals surface area (Å²) in [6, 6.07) is 0. The summed E-state index contributed by atoms with van der Waals surface area (Å²) in [5.41, 5.74) is -0.659. The van der Waals surface area contributed by atoms with Gasteiger partial charge in [0.25, 0.3) is 0 Å². The van der Waals surface area contributed by atoms with Gasteiger partial charge in [0.1, 0.15) is 6.61 Å². The maximum Gasteiger partial charge on any atom is 0.409 e. The number of carbonyl (C=O) groups is 1. The molecule has 0 saturated carbocycles. The van der Waals surface area contributed by atoms with E-state index in [9.17, 15) is 9.90 Å². The number of aliphatic hydroxyl groups excluding tert-OH is 1. The van der Waals surface area contributed by atoms with Crippen molar-refractivity contribution in [1.29, 1.82) is 0 Å². The highest BCUT2D eigenvalue weighted by Gasteiger charge is 2.29. The van der Waals surface area contributed by atoms with Gasteiger partial charge >= 0.3 is 6.09 Å². The summed E-state index contributed by atoms with van der Waals surface area (Å²) in [5.74, 6) is 0. The SMILES string of the molecule is CC1(O)CCN(C(=O)OCCO)CC1. The number of aliphatic hydroxyl groups is 2. The third-order valence-corrected chi connectivity index (χ3v) is 2.42. The van der Waals surface area contributed by atoms with Crippen LogP contribution >= 0.6 is 0 Å². The van der Waals surface area contributed by atoms with E-state index in [1.165, 1.54) is 0 Å². The molecular formula is C9H17NO4. The summed E-state index contributed by atoms with van der Waals surface area (Å²) in [5, 5.41) is 18.1. The molecule has 1 heterocycles. The third kappa shape index (κ3) is 3.16. The van der Waals surface area contributed by atoms with Crippen LogP contribution in [0.25, 0.3) is 0 Å². The fourth-order valence-electron chi connectivity index (χ4n) is 1.40. The van der Waals surface area contributed by atoms with Crippen LogP contribution in [0.3, 0.4) is 0 Å². The van der Waals surface area contributed by atoms with E-state index in [0.29, 0.717) is 25.9 Å². The predicted molar refractivity (Wildman–Crippen MR) is 49.9 cm³/mol. The number of rotatable bonds is 2. The molecule has 2 N–H and O–H groups in total. The molecule has 0 aromatic carbocycles. The number of nitrogens with zero attached hydrogens (tertiary/aromatic N) is 1. The van der Waals surface area contributed by atoms with E-state index >= 15 is 0 Å². The zero-order valence-electron chi connectivity index (χ0n) is 8.40. The van der Waals surface area contributed by atoms with Gasteiger partial charge in [0.15, 0.2) is 0 Å². The Labute approximate surface area is 83.3 Å². The average Bonchev–Trinajstić information content (AvgIpc) is 2.14. The second-order valence-corrected chi connectivity index (χ2v) is 3.82. The van der Waals surface area contributed by atoms with E-state index in [1.807, 2.05) is 0 Å². The van der Waals surface area contributed by atoms with E-state index in [4.69, 9.17) is 9.84 Å². The largest absolute Gasteiger partial charge is 0.447 e. The molecule has 5 nitrogen and oxygen atoms in total. The van der Waals surface area contributed by atoms with Gasteiger partial charge in [0.05, 0.1) is 12.2 Å². The second kappa shape index (κ2) is 4.61. The molecule has 82 valence electrons. The quantitative estimate of drug-likeness (QED) is 0.660. The van der Waals surface area contributed by atoms with Crippen molar-refractivity contribution in [2.24, 2.45) is 0 Å². The molecule has 0 radical (unpaired) electrons. The van der Waals surface area contributed by atoms with Crippen LogP contribution in [-0.2, 0) is 4.74 Å². The van der Waals surface area contributed by atoms with E-state index < -0.39 is 11.7 Å². The van der Waals surface area contributed by atoms with Crippen molar-refractivity contribution in [3.63, 3.8) is 0 Å². The first kappa shape index (κ1) is 11.3. The van der Waals surface area contributed by atoms with Gasteiger partial charge in [-0.3, -0.25) is 0 Å². The van der Waals surface area contributed by atoms with E-state index in [2.05, 4.69) is 0 Å². The number of likely N-dealkylation sites (tertiary alicyclic amines) is 1. The van der Waals surface area contributed by atoms with Crippen molar-refractivity contribution in [1.82, 2.24) is 4.90 Å². The molecule has 5 heteroatoms. The number of hydrogen-bond donors (Lipinski definition) is 2. The van der Waals surface area contributed by atoms with Crippen molar-refractivity contribution < 1.29 is 19.7 Å². The minimum absolute atomic E-state index is 0.0335. The summed E-state index contributed by atoms with van der Waals surface area (Å²) in [6.45, 7) is 2.67. The smallest absolute Gasteiger partial charge is 0.409 e. The number of ether oxygens (including phenoxy) is 1. The molecule has 1 fully saturated rings. The van der Waals surface area contributed by atoms with Crippen LogP contribution in [0.4, 0.5) is 4.79 Å². The van der Waals surface area contributed by atoms with Gasteiger partial charge in [-0.2, -0.15) is 0 Å². The molecule has 0 bridgehead atoms. The Morgan fingerprint density at radius 1 is 1.50 bits per heavy atom. The molecule has 14 heavy (non-hydrogen) atoms. The summed E-state index contributed by atoms with van der Waals surface area (Å²) in [4.78, 5) is 12.8. The Morgan fingerprint density at radius 2 is 2.07 bits per heavy atom. The molecule has 1 aliphatic heterocycles. The van der Waals surface area contributed by atoms with Gasteiger partial charge in [0.2, 0.25) is 0 Å². The highest BCUT2D eigenvalue weighted by Crippen LogP contribution is 2.21. The minimum atomic E-state index is -0.659. The average molecular weight is 203 g/mol. The van der Waals surface area contributed by atoms with Gasteiger partial charge in [-0.25, -0.2) is 4.79 Å². The molecule has 0 aromatic heterocycles. The van der Waals surface area contributed by atoms with Crippen LogP contribution in [0.5, 0.6) is 0 Å². The number of hydrogen-bond acceptors (Lipinski definition) is 4. The Bertz CT molecular complexity index is 195. The lowest BCUT2D eigenvalue weighted by Crippen LogP contribution is -2.45. The molecule has 0 spiro atoms. The summed E-state index contributed by atoms with van der Waals surface area (Å²) < 4.78 is 4.75. The summed E-state index contributed by atoms with van der Waals surface area (Å²) in [7, 11) is 0. The molecular weight excluding hydrogens is 186 g/mol. The molecule has 0 aliphatic carbocycles. The first-order chi connectivity index (χ1) is 6.55. The highest BCUT2D eigenvalue weighted by molar-refractivity contribution is 5.67. The van der Waals surface area contributed by atoms with Crippen LogP contribution < -0.4 is 0 Å². The third-order valence-electron chi connectivity index (χ3n) is 2.42. The maximum absolute atomic E-state index is 11.3. The number of carbonyl (C=O) groups excluding carboxylic acids is 1. The number of piperidine rings is 1. The molecule has 1 rings (SSSR count). The van der Waals surface area contributed by atoms with Crippen LogP contribution in [-0.4, -0.2) is 53.1 Å². The topological polar surface area (TPSA) is 70.0 Å². The molecule has 0 unspecified atom stereocenters. The Balaban J connectivity index is 2.30. The van der Waals surface area contributed by atoms with Crippen LogP contribution in [0.2, 0.25) is 0 Å². The Kier molecular flexibility index (Phi) is 3.71. The molecule has 1 aliphatic rings. The fourth-order valence-corrected chi connectivity index (χ4v) is 1.40. The van der Waals surface area contributed by atoms with Gasteiger partial charge in [0, 0.05) is 13.1 Å². The molecule has 0 atom stereocenters. The van der Waals surface area contributed by atoms with Crippen molar-refractivity contribution in [2.75, 3.05) is 26.3 Å². The lowest BCUT2D eigenvalue weighted by molar-refractivity contribution is -0.00734. The van der Waals surface area contributed by atoms with Crippen LogP contribution in [0, 0.1) is 0 Å². The zero-order chi connectivity index (χ0) is 10.6. The van der Waals surface area contributed by atoms with Gasteiger partial charge in [-0.15, -0.1) is 0 Å². The van der Waals surface area contributed by atoms with Gasteiger partial charge in [-0.1, -0.05) is 0 Å². The maximum atomic E-state index is 11.3. The monoisotopic (exact) mass is 203 g/mol. The van der Waals surface area contributed by atoms with Crippen molar-refractivity contribution >= 4 is 6.09 Å². The van der Waals surface area contributed by atoms with Crippen molar-refractivity contribution in [2.45, 2.75) is 25.4 Å². The lowest BCUT2D eigenvalue weighted by atomic mass is 9.94. The standard InChI is InChI=1S/C9H17NO4/c1-9(13)2-4-10(5-3-9)8(12)14-7-6-11/h11,13H,2-7H2,1H3. The molecule has 0 aromatic rings. The van der Waals surface area contributed by atoms with E-state index in [0.717, 1.165) is 0 Å². The minimum Gasteiger partial charge on any atom is -0.447 e. The first-order valence-corrected chi connectivity index (χ1v) is 4.80. The molecule has 1 saturated heterocycles. The van der Waals surface area contributed by atoms with Crippen LogP contribution in [0.15, 0.2) is 0 Å². The van der Waals surface area contributed by atoms with E-state index in [1.54, 1.807) is 11.8 Å². The van der Waals surface area contributed by atoms with Gasteiger partial charge in [-0.05, 0) is 19.8 Å². The Morgan fingerprint density at radius 3 is 2.57 bits per heavy atom. The van der Waals surface area contributed by atoms with E-state index in [-0.39, 0.29) is 13.2 Å². The predicted octanol–water partition coefficient (Wildman–Crippen LogP) is -0.0379. The molecule has 1 amide bonds. The van der Waals surface area contributed by atoms with Crippen molar-refractivity contribution in [3.8, 4) is 0 Å². The van der Waals surface area contributed by atoms with Gasteiger partial charge < -0.3 is 19.8 Å². The fraction of sp³-hybridized carbons (Fsp3) is 0.889. The summed E-state index contributed by atoms with van der Waals surface area (Å²) in [6.07, 6.45) is 0.733. The highest BCUT2D eigenvalue weighted by atomic mass is 16.6. The lowest BCUT2D eigenvalue weighted by Gasteiger charge is -2.34. The Hall–Kier alpha value is -0.810. The van der Waals surface area contributed by atoms with Crippen LogP contribution in [0.1, 0.15) is 19.8 Å². The number of amides is 1.